The number of carbonyl (C=O) groups excluding carboxylic acids is 1. The van der Waals surface area contributed by atoms with Crippen molar-refractivity contribution in [1.29, 1.82) is 0 Å². The van der Waals surface area contributed by atoms with Gasteiger partial charge in [0, 0.05) is 0 Å². The molecule has 1 N–H and O–H groups in total. The van der Waals surface area contributed by atoms with Crippen LogP contribution in [0.5, 0.6) is 5.75 Å². The summed E-state index contributed by atoms with van der Waals surface area (Å²) in [5, 5.41) is 3.13. The fraction of sp³-hybridized carbons (Fsp3) is 0.381. The van der Waals surface area contributed by atoms with Crippen LogP contribution in [0.15, 0.2) is 48.5 Å². The Morgan fingerprint density at radius 2 is 1.92 bits per heavy atom. The first-order valence-corrected chi connectivity index (χ1v) is 8.74. The van der Waals surface area contributed by atoms with Crippen LogP contribution >= 0.6 is 0 Å². The summed E-state index contributed by atoms with van der Waals surface area (Å²) in [6.07, 6.45) is 3.20. The predicted molar refractivity (Wildman–Crippen MR) is 96.3 cm³/mol. The molecule has 0 unspecified atom stereocenters. The zero-order valence-electron chi connectivity index (χ0n) is 14.4. The van der Waals surface area contributed by atoms with Gasteiger partial charge in [-0.3, -0.25) is 4.79 Å². The number of rotatable bonds is 5. The number of ether oxygens (including phenoxy) is 1. The maximum atomic E-state index is 12.3. The van der Waals surface area contributed by atoms with Gasteiger partial charge in [0.2, 0.25) is 0 Å². The number of nitrogens with one attached hydrogen (secondary N) is 1. The normalized spacial score (nSPS) is 16.5. The van der Waals surface area contributed by atoms with Crippen molar-refractivity contribution in [1.82, 2.24) is 5.32 Å². The Morgan fingerprint density at radius 3 is 2.75 bits per heavy atom. The average Bonchev–Trinajstić information content (AvgIpc) is 2.60. The summed E-state index contributed by atoms with van der Waals surface area (Å²) in [5.74, 6) is 1.11. The maximum absolute atomic E-state index is 12.3. The van der Waals surface area contributed by atoms with Crippen LogP contribution in [0, 0.1) is 0 Å². The molecular weight excluding hydrogens is 298 g/mol. The highest BCUT2D eigenvalue weighted by Crippen LogP contribution is 2.29. The van der Waals surface area contributed by atoms with Crippen LogP contribution in [-0.4, -0.2) is 12.5 Å². The van der Waals surface area contributed by atoms with E-state index in [9.17, 15) is 4.79 Å². The standard InChI is InChI=1S/C21H25NO2/c1-15(2)17-10-5-6-13-20(17)24-14-21(23)22-19-12-7-9-16-8-3-4-11-18(16)19/h3-6,8,10-11,13,15,19H,7,9,12,14H2,1-2H3,(H,22,23)/t19-/m0/s1. The summed E-state index contributed by atoms with van der Waals surface area (Å²) in [5.41, 5.74) is 3.73. The number of aryl methyl sites for hydroxylation is 1. The van der Waals surface area contributed by atoms with Gasteiger partial charge >= 0.3 is 0 Å². The fourth-order valence-corrected chi connectivity index (χ4v) is 3.37. The molecule has 2 aromatic rings. The molecule has 0 saturated heterocycles. The molecule has 1 amide bonds. The van der Waals surface area contributed by atoms with Gasteiger partial charge in [-0.05, 0) is 47.9 Å². The summed E-state index contributed by atoms with van der Waals surface area (Å²) in [6.45, 7) is 4.31. The van der Waals surface area contributed by atoms with Crippen molar-refractivity contribution in [2.75, 3.05) is 6.61 Å². The largest absolute Gasteiger partial charge is 0.483 e. The topological polar surface area (TPSA) is 38.3 Å². The Hall–Kier alpha value is -2.29. The van der Waals surface area contributed by atoms with E-state index in [4.69, 9.17) is 4.74 Å². The molecule has 0 bridgehead atoms. The Kier molecular flexibility index (Phi) is 5.19. The number of hydrogen-bond donors (Lipinski definition) is 1. The van der Waals surface area contributed by atoms with Crippen LogP contribution in [0.1, 0.15) is 55.3 Å². The van der Waals surface area contributed by atoms with Crippen molar-refractivity contribution in [2.45, 2.75) is 45.1 Å². The maximum Gasteiger partial charge on any atom is 0.258 e. The van der Waals surface area contributed by atoms with E-state index >= 15 is 0 Å². The lowest BCUT2D eigenvalue weighted by atomic mass is 9.88. The quantitative estimate of drug-likeness (QED) is 0.886. The molecule has 1 aliphatic carbocycles. The van der Waals surface area contributed by atoms with E-state index in [2.05, 4.69) is 43.4 Å². The number of fused-ring (bicyclic) bond motifs is 1. The van der Waals surface area contributed by atoms with Crippen LogP contribution < -0.4 is 10.1 Å². The van der Waals surface area contributed by atoms with E-state index in [0.29, 0.717) is 5.92 Å². The lowest BCUT2D eigenvalue weighted by Crippen LogP contribution is -2.34. The molecule has 1 aliphatic rings. The summed E-state index contributed by atoms with van der Waals surface area (Å²) < 4.78 is 5.78. The molecule has 1 atom stereocenters. The molecule has 0 aromatic heterocycles. The highest BCUT2D eigenvalue weighted by atomic mass is 16.5. The lowest BCUT2D eigenvalue weighted by molar-refractivity contribution is -0.124. The van der Waals surface area contributed by atoms with Gasteiger partial charge in [-0.15, -0.1) is 0 Å². The first kappa shape index (κ1) is 16.6. The molecular formula is C21H25NO2. The smallest absolute Gasteiger partial charge is 0.258 e. The highest BCUT2D eigenvalue weighted by molar-refractivity contribution is 5.78. The molecule has 126 valence electrons. The molecule has 0 heterocycles. The van der Waals surface area contributed by atoms with Crippen molar-refractivity contribution in [3.63, 3.8) is 0 Å². The van der Waals surface area contributed by atoms with E-state index in [1.165, 1.54) is 11.1 Å². The second kappa shape index (κ2) is 7.52. The van der Waals surface area contributed by atoms with Gasteiger partial charge in [0.05, 0.1) is 6.04 Å². The molecule has 3 heteroatoms. The van der Waals surface area contributed by atoms with Gasteiger partial charge < -0.3 is 10.1 Å². The van der Waals surface area contributed by atoms with Gasteiger partial charge in [0.25, 0.3) is 5.91 Å². The Bertz CT molecular complexity index is 708. The molecule has 0 radical (unpaired) electrons. The average molecular weight is 323 g/mol. The summed E-state index contributed by atoms with van der Waals surface area (Å²) >= 11 is 0. The molecule has 24 heavy (non-hydrogen) atoms. The number of benzene rings is 2. The van der Waals surface area contributed by atoms with Crippen LogP contribution in [-0.2, 0) is 11.2 Å². The van der Waals surface area contributed by atoms with Crippen LogP contribution in [0.25, 0.3) is 0 Å². The summed E-state index contributed by atoms with van der Waals surface area (Å²) in [6, 6.07) is 16.4. The van der Waals surface area contributed by atoms with E-state index in [-0.39, 0.29) is 18.6 Å². The lowest BCUT2D eigenvalue weighted by Gasteiger charge is -2.26. The molecule has 3 rings (SSSR count). The SMILES string of the molecule is CC(C)c1ccccc1OCC(=O)N[C@H]1CCCc2ccccc21. The molecule has 0 fully saturated rings. The third kappa shape index (κ3) is 3.78. The minimum absolute atomic E-state index is 0.0579. The van der Waals surface area contributed by atoms with E-state index in [0.717, 1.165) is 30.6 Å². The minimum atomic E-state index is -0.0599. The van der Waals surface area contributed by atoms with Crippen molar-refractivity contribution in [3.8, 4) is 5.75 Å². The number of carbonyl (C=O) groups is 1. The van der Waals surface area contributed by atoms with Crippen molar-refractivity contribution < 1.29 is 9.53 Å². The molecule has 0 saturated carbocycles. The number of para-hydroxylation sites is 1. The first-order chi connectivity index (χ1) is 11.6. The van der Waals surface area contributed by atoms with Gasteiger partial charge in [-0.25, -0.2) is 0 Å². The molecule has 3 nitrogen and oxygen atoms in total. The monoisotopic (exact) mass is 323 g/mol. The van der Waals surface area contributed by atoms with Crippen molar-refractivity contribution in [3.05, 3.63) is 65.2 Å². The third-order valence-electron chi connectivity index (χ3n) is 4.60. The molecule has 0 spiro atoms. The second-order valence-electron chi connectivity index (χ2n) is 6.69. The minimum Gasteiger partial charge on any atom is -0.483 e. The Labute approximate surface area is 144 Å². The van der Waals surface area contributed by atoms with Crippen LogP contribution in [0.4, 0.5) is 0 Å². The van der Waals surface area contributed by atoms with Crippen LogP contribution in [0.2, 0.25) is 0 Å². The van der Waals surface area contributed by atoms with Gasteiger partial charge in [0.15, 0.2) is 6.61 Å². The van der Waals surface area contributed by atoms with Gasteiger partial charge in [-0.2, -0.15) is 0 Å². The molecule has 2 aromatic carbocycles. The molecule has 0 aliphatic heterocycles. The number of hydrogen-bond acceptors (Lipinski definition) is 2. The van der Waals surface area contributed by atoms with Gasteiger partial charge in [-0.1, -0.05) is 56.3 Å². The second-order valence-corrected chi connectivity index (χ2v) is 6.69. The third-order valence-corrected chi connectivity index (χ3v) is 4.60. The van der Waals surface area contributed by atoms with E-state index in [1.807, 2.05) is 24.3 Å². The van der Waals surface area contributed by atoms with Crippen LogP contribution in [0.3, 0.4) is 0 Å². The van der Waals surface area contributed by atoms with E-state index < -0.39 is 0 Å². The summed E-state index contributed by atoms with van der Waals surface area (Å²) in [4.78, 5) is 12.3. The van der Waals surface area contributed by atoms with Crippen molar-refractivity contribution in [2.24, 2.45) is 0 Å². The fourth-order valence-electron chi connectivity index (χ4n) is 3.37. The highest BCUT2D eigenvalue weighted by Gasteiger charge is 2.21. The predicted octanol–water partition coefficient (Wildman–Crippen LogP) is 4.38. The Morgan fingerprint density at radius 1 is 1.17 bits per heavy atom. The van der Waals surface area contributed by atoms with Gasteiger partial charge in [0.1, 0.15) is 5.75 Å². The van der Waals surface area contributed by atoms with E-state index in [1.54, 1.807) is 0 Å². The number of amides is 1. The zero-order chi connectivity index (χ0) is 16.9. The summed E-state index contributed by atoms with van der Waals surface area (Å²) in [7, 11) is 0. The zero-order valence-corrected chi connectivity index (χ0v) is 14.4. The van der Waals surface area contributed by atoms with Crippen molar-refractivity contribution >= 4 is 5.91 Å². The first-order valence-electron chi connectivity index (χ1n) is 8.74. The Balaban J connectivity index is 1.61.